The molecule has 1 aliphatic rings. The SMILES string of the molecule is CCN1C(=O)C(CC(=O)Nc2cc(C(F)(F)F)ccc2Cl)SC1=Nc1cccc2ccccc12. The summed E-state index contributed by atoms with van der Waals surface area (Å²) in [7, 11) is 0. The lowest BCUT2D eigenvalue weighted by atomic mass is 10.1. The Kier molecular flexibility index (Phi) is 6.86. The van der Waals surface area contributed by atoms with Crippen molar-refractivity contribution in [3.05, 3.63) is 71.2 Å². The Balaban J connectivity index is 1.53. The summed E-state index contributed by atoms with van der Waals surface area (Å²) in [5.41, 5.74) is -0.387. The molecule has 0 spiro atoms. The van der Waals surface area contributed by atoms with Crippen molar-refractivity contribution in [2.24, 2.45) is 4.99 Å². The van der Waals surface area contributed by atoms with Crippen LogP contribution in [0.2, 0.25) is 5.02 Å². The summed E-state index contributed by atoms with van der Waals surface area (Å²) < 4.78 is 39.0. The second kappa shape index (κ2) is 9.68. The highest BCUT2D eigenvalue weighted by Crippen LogP contribution is 2.36. The van der Waals surface area contributed by atoms with Gasteiger partial charge in [0.05, 0.1) is 22.0 Å². The lowest BCUT2D eigenvalue weighted by molar-refractivity contribution is -0.137. The van der Waals surface area contributed by atoms with Crippen LogP contribution in [-0.4, -0.2) is 33.7 Å². The number of amides is 2. The average Bonchev–Trinajstić information content (AvgIpc) is 3.08. The molecular weight excluding hydrogens is 487 g/mol. The fourth-order valence-electron chi connectivity index (χ4n) is 3.59. The maximum atomic E-state index is 13.0. The molecular formula is C24H19ClF3N3O2S. The van der Waals surface area contributed by atoms with Gasteiger partial charge >= 0.3 is 6.18 Å². The zero-order valence-corrected chi connectivity index (χ0v) is 19.5. The molecule has 3 aromatic rings. The van der Waals surface area contributed by atoms with Crippen LogP contribution in [0.3, 0.4) is 0 Å². The molecule has 1 heterocycles. The molecule has 1 atom stereocenters. The largest absolute Gasteiger partial charge is 0.416 e. The second-order valence-corrected chi connectivity index (χ2v) is 9.10. The Morgan fingerprint density at radius 2 is 1.88 bits per heavy atom. The number of carbonyl (C=O) groups excluding carboxylic acids is 2. The smallest absolute Gasteiger partial charge is 0.325 e. The molecule has 34 heavy (non-hydrogen) atoms. The topological polar surface area (TPSA) is 61.8 Å². The summed E-state index contributed by atoms with van der Waals surface area (Å²) in [6.07, 6.45) is -4.81. The molecule has 1 fully saturated rings. The van der Waals surface area contributed by atoms with Crippen LogP contribution in [0.15, 0.2) is 65.7 Å². The summed E-state index contributed by atoms with van der Waals surface area (Å²) in [6, 6.07) is 16.1. The van der Waals surface area contributed by atoms with Crippen molar-refractivity contribution in [2.45, 2.75) is 24.8 Å². The third-order valence-corrected chi connectivity index (χ3v) is 6.76. The van der Waals surface area contributed by atoms with Crippen LogP contribution < -0.4 is 5.32 Å². The maximum absolute atomic E-state index is 13.0. The quantitative estimate of drug-likeness (QED) is 0.431. The number of halogens is 4. The van der Waals surface area contributed by atoms with E-state index in [1.165, 1.54) is 4.90 Å². The van der Waals surface area contributed by atoms with Crippen molar-refractivity contribution in [1.29, 1.82) is 0 Å². The van der Waals surface area contributed by atoms with E-state index in [1.807, 2.05) is 49.4 Å². The van der Waals surface area contributed by atoms with Gasteiger partial charge in [-0.1, -0.05) is 59.8 Å². The molecule has 0 radical (unpaired) electrons. The monoisotopic (exact) mass is 505 g/mol. The third-order valence-electron chi connectivity index (χ3n) is 5.26. The summed E-state index contributed by atoms with van der Waals surface area (Å²) in [5, 5.41) is 4.03. The number of amidine groups is 1. The lowest BCUT2D eigenvalue weighted by Crippen LogP contribution is -2.33. The van der Waals surface area contributed by atoms with Crippen molar-refractivity contribution in [1.82, 2.24) is 4.90 Å². The molecule has 1 aliphatic heterocycles. The van der Waals surface area contributed by atoms with E-state index >= 15 is 0 Å². The standard InChI is InChI=1S/C24H19ClF3N3O2S/c1-2-31-22(33)20(13-21(32)29-19-12-15(24(26,27)28)10-11-17(19)25)34-23(31)30-18-9-5-7-14-6-3-4-8-16(14)18/h3-12,20H,2,13H2,1H3,(H,29,32). The van der Waals surface area contributed by atoms with Crippen molar-refractivity contribution >= 4 is 62.5 Å². The number of nitrogens with zero attached hydrogens (tertiary/aromatic N) is 2. The first kappa shape index (κ1) is 24.1. The van der Waals surface area contributed by atoms with E-state index in [4.69, 9.17) is 16.6 Å². The average molecular weight is 506 g/mol. The number of benzene rings is 3. The summed E-state index contributed by atoms with van der Waals surface area (Å²) in [5.74, 6) is -0.897. The van der Waals surface area contributed by atoms with Gasteiger partial charge in [0, 0.05) is 18.4 Å². The number of hydrogen-bond acceptors (Lipinski definition) is 4. The van der Waals surface area contributed by atoms with Gasteiger partial charge in [-0.2, -0.15) is 13.2 Å². The molecule has 176 valence electrons. The van der Waals surface area contributed by atoms with Gasteiger partial charge in [-0.05, 0) is 36.6 Å². The van der Waals surface area contributed by atoms with Gasteiger partial charge in [0.15, 0.2) is 5.17 Å². The molecule has 10 heteroatoms. The number of fused-ring (bicyclic) bond motifs is 1. The predicted molar refractivity (Wildman–Crippen MR) is 130 cm³/mol. The van der Waals surface area contributed by atoms with Crippen LogP contribution in [0.25, 0.3) is 10.8 Å². The minimum absolute atomic E-state index is 0.0276. The van der Waals surface area contributed by atoms with Crippen LogP contribution in [0.5, 0.6) is 0 Å². The Morgan fingerprint density at radius 1 is 1.15 bits per heavy atom. The molecule has 5 nitrogen and oxygen atoms in total. The van der Waals surface area contributed by atoms with Gasteiger partial charge in [-0.25, -0.2) is 4.99 Å². The van der Waals surface area contributed by atoms with Crippen molar-refractivity contribution in [3.63, 3.8) is 0 Å². The van der Waals surface area contributed by atoms with Crippen LogP contribution in [0, 0.1) is 0 Å². The zero-order chi connectivity index (χ0) is 24.5. The number of rotatable bonds is 5. The molecule has 0 aromatic heterocycles. The number of anilines is 1. The number of hydrogen-bond donors (Lipinski definition) is 1. The summed E-state index contributed by atoms with van der Waals surface area (Å²) in [4.78, 5) is 31.7. The zero-order valence-electron chi connectivity index (χ0n) is 17.9. The highest BCUT2D eigenvalue weighted by molar-refractivity contribution is 8.15. The van der Waals surface area contributed by atoms with Gasteiger partial charge in [0.1, 0.15) is 5.25 Å². The van der Waals surface area contributed by atoms with E-state index in [-0.39, 0.29) is 23.0 Å². The van der Waals surface area contributed by atoms with E-state index in [2.05, 4.69) is 5.32 Å². The van der Waals surface area contributed by atoms with Crippen molar-refractivity contribution in [2.75, 3.05) is 11.9 Å². The Bertz CT molecular complexity index is 1290. The van der Waals surface area contributed by atoms with Gasteiger partial charge in [0.25, 0.3) is 0 Å². The van der Waals surface area contributed by atoms with E-state index in [0.717, 1.165) is 40.7 Å². The molecule has 0 saturated carbocycles. The van der Waals surface area contributed by atoms with Crippen molar-refractivity contribution < 1.29 is 22.8 Å². The number of thioether (sulfide) groups is 1. The second-order valence-electron chi connectivity index (χ2n) is 7.53. The first-order valence-corrected chi connectivity index (χ1v) is 11.6. The molecule has 3 aromatic carbocycles. The molecule has 1 unspecified atom stereocenters. The Labute approximate surface area is 203 Å². The molecule has 4 rings (SSSR count). The summed E-state index contributed by atoms with van der Waals surface area (Å²) in [6.45, 7) is 2.18. The lowest BCUT2D eigenvalue weighted by Gasteiger charge is -2.14. The van der Waals surface area contributed by atoms with E-state index in [0.29, 0.717) is 17.4 Å². The summed E-state index contributed by atoms with van der Waals surface area (Å²) >= 11 is 7.12. The Hall–Kier alpha value is -3.04. The first-order valence-electron chi connectivity index (χ1n) is 10.4. The molecule has 1 saturated heterocycles. The van der Waals surface area contributed by atoms with Crippen LogP contribution in [0.1, 0.15) is 18.9 Å². The fraction of sp³-hybridized carbons (Fsp3) is 0.208. The Morgan fingerprint density at radius 3 is 2.62 bits per heavy atom. The minimum atomic E-state index is -4.57. The number of nitrogens with one attached hydrogen (secondary N) is 1. The first-order chi connectivity index (χ1) is 16.2. The minimum Gasteiger partial charge on any atom is -0.325 e. The molecule has 1 N–H and O–H groups in total. The van der Waals surface area contributed by atoms with Crippen LogP contribution in [-0.2, 0) is 15.8 Å². The molecule has 0 bridgehead atoms. The molecule has 2 amide bonds. The normalized spacial score (nSPS) is 17.6. The third kappa shape index (κ3) is 5.05. The van der Waals surface area contributed by atoms with E-state index in [1.54, 1.807) is 0 Å². The van der Waals surface area contributed by atoms with Crippen LogP contribution >= 0.6 is 23.4 Å². The number of aliphatic imine (C=N–C) groups is 1. The van der Waals surface area contributed by atoms with Crippen LogP contribution in [0.4, 0.5) is 24.5 Å². The number of carbonyl (C=O) groups is 2. The van der Waals surface area contributed by atoms with Gasteiger partial charge in [-0.15, -0.1) is 0 Å². The maximum Gasteiger partial charge on any atom is 0.416 e. The fourth-order valence-corrected chi connectivity index (χ4v) is 4.97. The van der Waals surface area contributed by atoms with E-state index < -0.39 is 22.9 Å². The van der Waals surface area contributed by atoms with Gasteiger partial charge in [-0.3, -0.25) is 14.5 Å². The van der Waals surface area contributed by atoms with Gasteiger partial charge < -0.3 is 5.32 Å². The highest BCUT2D eigenvalue weighted by Gasteiger charge is 2.38. The van der Waals surface area contributed by atoms with Crippen molar-refractivity contribution in [3.8, 4) is 0 Å². The van der Waals surface area contributed by atoms with Gasteiger partial charge in [0.2, 0.25) is 11.8 Å². The molecule has 0 aliphatic carbocycles. The van der Waals surface area contributed by atoms with E-state index in [9.17, 15) is 22.8 Å². The predicted octanol–water partition coefficient (Wildman–Crippen LogP) is 6.49. The highest BCUT2D eigenvalue weighted by atomic mass is 35.5. The number of alkyl halides is 3.